The molecule has 2 aliphatic rings. The Hall–Kier alpha value is -0.320. The van der Waals surface area contributed by atoms with Crippen molar-refractivity contribution in [1.29, 1.82) is 0 Å². The van der Waals surface area contributed by atoms with Crippen LogP contribution in [0.4, 0.5) is 0 Å². The van der Waals surface area contributed by atoms with Crippen LogP contribution in [0.25, 0.3) is 0 Å². The van der Waals surface area contributed by atoms with E-state index in [0.29, 0.717) is 11.8 Å². The number of nitrogens with one attached hydrogen (secondary N) is 1. The third-order valence-corrected chi connectivity index (χ3v) is 3.84. The summed E-state index contributed by atoms with van der Waals surface area (Å²) in [6.45, 7) is 8.11. The lowest BCUT2D eigenvalue weighted by Gasteiger charge is -2.30. The first kappa shape index (κ1) is 14.7. The molecule has 2 aliphatic heterocycles. The van der Waals surface area contributed by atoms with Crippen molar-refractivity contribution in [3.63, 3.8) is 0 Å². The van der Waals surface area contributed by atoms with Gasteiger partial charge in [0.2, 0.25) is 5.91 Å². The lowest BCUT2D eigenvalue weighted by molar-refractivity contribution is -0.136. The number of carbonyl (C=O) groups is 1. The van der Waals surface area contributed by atoms with Gasteiger partial charge in [0, 0.05) is 32.7 Å². The van der Waals surface area contributed by atoms with Crippen molar-refractivity contribution in [1.82, 2.24) is 15.1 Å². The number of amides is 1. The first-order valence-electron chi connectivity index (χ1n) is 6.38. The summed E-state index contributed by atoms with van der Waals surface area (Å²) in [6, 6.07) is 0. The molecule has 1 unspecified atom stereocenters. The van der Waals surface area contributed by atoms with Crippen molar-refractivity contribution in [2.45, 2.75) is 13.3 Å². The van der Waals surface area contributed by atoms with E-state index in [4.69, 9.17) is 0 Å². The lowest BCUT2D eigenvalue weighted by Crippen LogP contribution is -2.51. The Morgan fingerprint density at radius 2 is 2.18 bits per heavy atom. The van der Waals surface area contributed by atoms with Gasteiger partial charge in [-0.2, -0.15) is 0 Å². The predicted octanol–water partition coefficient (Wildman–Crippen LogP) is 0.428. The van der Waals surface area contributed by atoms with Gasteiger partial charge in [0.05, 0.1) is 5.92 Å². The fourth-order valence-electron chi connectivity index (χ4n) is 2.47. The molecule has 1 atom stereocenters. The maximum absolute atomic E-state index is 12.0. The van der Waals surface area contributed by atoms with Gasteiger partial charge >= 0.3 is 0 Å². The van der Waals surface area contributed by atoms with Crippen LogP contribution in [0.5, 0.6) is 0 Å². The number of rotatable bonds is 4. The van der Waals surface area contributed by atoms with Gasteiger partial charge in [-0.3, -0.25) is 4.79 Å². The minimum absolute atomic E-state index is 0. The highest BCUT2D eigenvalue weighted by atomic mass is 35.5. The summed E-state index contributed by atoms with van der Waals surface area (Å²) >= 11 is 0. The molecular formula is C12H24ClN3O. The van der Waals surface area contributed by atoms with Gasteiger partial charge in [0.15, 0.2) is 0 Å². The van der Waals surface area contributed by atoms with Crippen molar-refractivity contribution in [3.8, 4) is 0 Å². The molecule has 0 spiro atoms. The maximum Gasteiger partial charge on any atom is 0.228 e. The first-order valence-corrected chi connectivity index (χ1v) is 6.38. The van der Waals surface area contributed by atoms with Crippen LogP contribution >= 0.6 is 12.4 Å². The zero-order valence-electron chi connectivity index (χ0n) is 10.8. The molecule has 2 heterocycles. The number of hydrogen-bond acceptors (Lipinski definition) is 3. The molecule has 1 N–H and O–H groups in total. The molecule has 100 valence electrons. The Bertz CT molecular complexity index is 258. The van der Waals surface area contributed by atoms with Gasteiger partial charge in [-0.15, -0.1) is 12.4 Å². The monoisotopic (exact) mass is 261 g/mol. The molecule has 1 amide bonds. The summed E-state index contributed by atoms with van der Waals surface area (Å²) in [4.78, 5) is 16.4. The zero-order valence-corrected chi connectivity index (χ0v) is 11.6. The normalized spacial score (nSPS) is 24.6. The molecule has 2 saturated heterocycles. The smallest absolute Gasteiger partial charge is 0.228 e. The summed E-state index contributed by atoms with van der Waals surface area (Å²) in [6.07, 6.45) is 1.18. The van der Waals surface area contributed by atoms with Gasteiger partial charge in [-0.25, -0.2) is 0 Å². The molecule has 0 radical (unpaired) electrons. The molecule has 2 fully saturated rings. The van der Waals surface area contributed by atoms with Crippen LogP contribution in [0.2, 0.25) is 0 Å². The average Bonchev–Trinajstić information content (AvgIpc) is 2.63. The van der Waals surface area contributed by atoms with Crippen LogP contribution in [-0.2, 0) is 4.79 Å². The van der Waals surface area contributed by atoms with E-state index in [1.54, 1.807) is 0 Å². The van der Waals surface area contributed by atoms with Gasteiger partial charge in [-0.05, 0) is 25.9 Å². The number of carbonyl (C=O) groups excluding carboxylic acids is 1. The van der Waals surface area contributed by atoms with E-state index < -0.39 is 0 Å². The van der Waals surface area contributed by atoms with Crippen molar-refractivity contribution in [3.05, 3.63) is 0 Å². The highest BCUT2D eigenvalue weighted by Gasteiger charge is 2.33. The third-order valence-electron chi connectivity index (χ3n) is 3.84. The Balaban J connectivity index is 0.00000144. The van der Waals surface area contributed by atoms with Gasteiger partial charge in [-0.1, -0.05) is 6.92 Å². The van der Waals surface area contributed by atoms with E-state index in [1.165, 1.54) is 6.42 Å². The van der Waals surface area contributed by atoms with Crippen LogP contribution in [0.3, 0.4) is 0 Å². The van der Waals surface area contributed by atoms with Gasteiger partial charge < -0.3 is 15.1 Å². The molecule has 0 saturated carbocycles. The summed E-state index contributed by atoms with van der Waals surface area (Å²) in [5.74, 6) is 1.32. The van der Waals surface area contributed by atoms with E-state index in [1.807, 2.05) is 0 Å². The molecule has 5 heteroatoms. The highest BCUT2D eigenvalue weighted by molar-refractivity contribution is 5.85. The second-order valence-corrected chi connectivity index (χ2v) is 5.15. The third kappa shape index (κ3) is 3.57. The van der Waals surface area contributed by atoms with Crippen molar-refractivity contribution in [2.75, 3.05) is 46.3 Å². The Labute approximate surface area is 110 Å². The van der Waals surface area contributed by atoms with Crippen LogP contribution in [0.1, 0.15) is 13.3 Å². The molecule has 0 aromatic rings. The van der Waals surface area contributed by atoms with Crippen LogP contribution < -0.4 is 5.32 Å². The molecule has 4 nitrogen and oxygen atoms in total. The Morgan fingerprint density at radius 3 is 2.71 bits per heavy atom. The highest BCUT2D eigenvalue weighted by Crippen LogP contribution is 2.20. The van der Waals surface area contributed by atoms with E-state index in [-0.39, 0.29) is 18.3 Å². The molecule has 17 heavy (non-hydrogen) atoms. The Morgan fingerprint density at radius 1 is 1.47 bits per heavy atom. The van der Waals surface area contributed by atoms with E-state index in [9.17, 15) is 4.79 Å². The predicted molar refractivity (Wildman–Crippen MR) is 71.5 cm³/mol. The van der Waals surface area contributed by atoms with Gasteiger partial charge in [0.25, 0.3) is 0 Å². The quantitative estimate of drug-likeness (QED) is 0.797. The number of likely N-dealkylation sites (tertiary alicyclic amines) is 1. The van der Waals surface area contributed by atoms with E-state index >= 15 is 0 Å². The minimum Gasteiger partial charge on any atom is -0.342 e. The molecule has 0 aliphatic carbocycles. The topological polar surface area (TPSA) is 35.6 Å². The molecule has 0 bridgehead atoms. The zero-order chi connectivity index (χ0) is 11.5. The van der Waals surface area contributed by atoms with Crippen molar-refractivity contribution in [2.24, 2.45) is 11.8 Å². The van der Waals surface area contributed by atoms with Crippen LogP contribution in [0.15, 0.2) is 0 Å². The largest absolute Gasteiger partial charge is 0.342 e. The fourth-order valence-corrected chi connectivity index (χ4v) is 2.47. The SMILES string of the molecule is CCN(C)CC1CCN(C(=O)C2CNC2)C1.Cl. The second-order valence-electron chi connectivity index (χ2n) is 5.15. The molecule has 0 aromatic carbocycles. The lowest BCUT2D eigenvalue weighted by atomic mass is 10.0. The molecule has 2 rings (SSSR count). The Kier molecular flexibility index (Phi) is 5.70. The second kappa shape index (κ2) is 6.57. The summed E-state index contributed by atoms with van der Waals surface area (Å²) in [7, 11) is 2.15. The standard InChI is InChI=1S/C12H23N3O.ClH/c1-3-14(2)8-10-4-5-15(9-10)12(16)11-6-13-7-11;/h10-11,13H,3-9H2,1-2H3;1H. The van der Waals surface area contributed by atoms with E-state index in [2.05, 4.69) is 29.1 Å². The molecule has 0 aromatic heterocycles. The van der Waals surface area contributed by atoms with Crippen molar-refractivity contribution < 1.29 is 4.79 Å². The number of nitrogens with zero attached hydrogens (tertiary/aromatic N) is 2. The average molecular weight is 262 g/mol. The van der Waals surface area contributed by atoms with Gasteiger partial charge in [0.1, 0.15) is 0 Å². The van der Waals surface area contributed by atoms with Crippen LogP contribution in [-0.4, -0.2) is 62.0 Å². The maximum atomic E-state index is 12.0. The first-order chi connectivity index (χ1) is 7.70. The van der Waals surface area contributed by atoms with E-state index in [0.717, 1.165) is 39.3 Å². The summed E-state index contributed by atoms with van der Waals surface area (Å²) in [5, 5.41) is 3.16. The summed E-state index contributed by atoms with van der Waals surface area (Å²) in [5.41, 5.74) is 0. The fraction of sp³-hybridized carbons (Fsp3) is 0.917. The number of hydrogen-bond donors (Lipinski definition) is 1. The van der Waals surface area contributed by atoms with Crippen LogP contribution in [0, 0.1) is 11.8 Å². The minimum atomic E-state index is 0. The molecular weight excluding hydrogens is 238 g/mol. The van der Waals surface area contributed by atoms with Crippen molar-refractivity contribution >= 4 is 18.3 Å². The summed E-state index contributed by atoms with van der Waals surface area (Å²) < 4.78 is 0. The number of halogens is 1.